The third-order valence-corrected chi connectivity index (χ3v) is 9.05. The molecule has 3 aliphatic rings. The predicted octanol–water partition coefficient (Wildman–Crippen LogP) is 2.00. The number of rotatable bonds is 7. The second-order valence-electron chi connectivity index (χ2n) is 8.88. The maximum Gasteiger partial charge on any atom is 0.355 e. The lowest BCUT2D eigenvalue weighted by molar-refractivity contribution is -0.384. The molecule has 1 fully saturated rings. The summed E-state index contributed by atoms with van der Waals surface area (Å²) < 4.78 is 11.1. The molecular formula is C23H20BrN5O8S. The summed E-state index contributed by atoms with van der Waals surface area (Å²) in [7, 11) is 1.66. The first-order valence-corrected chi connectivity index (χ1v) is 13.0. The summed E-state index contributed by atoms with van der Waals surface area (Å²) in [5, 5.41) is 11.7. The van der Waals surface area contributed by atoms with Crippen LogP contribution < -0.4 is 0 Å². The van der Waals surface area contributed by atoms with Crippen molar-refractivity contribution in [2.24, 2.45) is 0 Å². The van der Waals surface area contributed by atoms with Crippen LogP contribution in [0.2, 0.25) is 0 Å². The first kappa shape index (κ1) is 25.9. The van der Waals surface area contributed by atoms with Crippen molar-refractivity contribution in [1.29, 1.82) is 0 Å². The smallest absolute Gasteiger partial charge is 0.355 e. The van der Waals surface area contributed by atoms with E-state index in [1.54, 1.807) is 17.8 Å². The zero-order chi connectivity index (χ0) is 27.4. The van der Waals surface area contributed by atoms with Gasteiger partial charge >= 0.3 is 11.9 Å². The number of hydrogen-bond donors (Lipinski definition) is 0. The molecule has 2 amide bonds. The monoisotopic (exact) mass is 605 g/mol. The van der Waals surface area contributed by atoms with Gasteiger partial charge in [0.1, 0.15) is 35.7 Å². The van der Waals surface area contributed by atoms with Gasteiger partial charge < -0.3 is 18.9 Å². The number of carbonyl (C=O) groups is 4. The van der Waals surface area contributed by atoms with Crippen LogP contribution in [0.15, 0.2) is 41.6 Å². The van der Waals surface area contributed by atoms with E-state index >= 15 is 0 Å². The molecule has 1 saturated heterocycles. The number of nitrogens with zero attached hydrogens (tertiary/aromatic N) is 5. The fraction of sp³-hybridized carbons (Fsp3) is 0.348. The highest BCUT2D eigenvalue weighted by Gasteiger charge is 2.69. The van der Waals surface area contributed by atoms with Crippen LogP contribution in [0, 0.1) is 10.1 Å². The standard InChI is InChI=1S/C23H20BrN5O8S/c1-12(30)37-19(15-7-27-9-18(31)26(2)8-17(27)25-15)23(24)21(33)28-16(11-38-22(23)28)20(32)36-10-13-3-5-14(6-4-13)29(34)35/h3-7,11,19,22H,8-10H2,1-2H3. The number of likely N-dealkylation sites (N-methyl/N-ethyl adjacent to an activating group) is 1. The van der Waals surface area contributed by atoms with E-state index in [2.05, 4.69) is 20.9 Å². The number of nitro groups is 1. The molecular weight excluding hydrogens is 586 g/mol. The van der Waals surface area contributed by atoms with E-state index in [4.69, 9.17) is 9.47 Å². The van der Waals surface area contributed by atoms with Crippen molar-refractivity contribution in [3.05, 3.63) is 68.8 Å². The molecule has 0 radical (unpaired) electrons. The fourth-order valence-electron chi connectivity index (χ4n) is 4.38. The molecule has 4 heterocycles. The van der Waals surface area contributed by atoms with Crippen molar-refractivity contribution in [2.75, 3.05) is 7.05 Å². The minimum absolute atomic E-state index is 0.0277. The van der Waals surface area contributed by atoms with Crippen LogP contribution >= 0.6 is 27.7 Å². The van der Waals surface area contributed by atoms with E-state index in [0.29, 0.717) is 17.1 Å². The summed E-state index contributed by atoms with van der Waals surface area (Å²) in [4.78, 5) is 68.0. The van der Waals surface area contributed by atoms with Gasteiger partial charge in [0.05, 0.1) is 11.5 Å². The number of nitro benzene ring substituents is 1. The molecule has 3 unspecified atom stereocenters. The van der Waals surface area contributed by atoms with Crippen molar-refractivity contribution in [1.82, 2.24) is 19.4 Å². The molecule has 3 aliphatic heterocycles. The summed E-state index contributed by atoms with van der Waals surface area (Å²) in [5.41, 5.74) is 0.786. The third kappa shape index (κ3) is 4.24. The number of halogens is 1. The Kier molecular flexibility index (Phi) is 6.51. The molecule has 3 atom stereocenters. The second-order valence-corrected chi connectivity index (χ2v) is 11.2. The molecule has 0 spiro atoms. The van der Waals surface area contributed by atoms with E-state index in [0.717, 1.165) is 0 Å². The number of aromatic nitrogens is 2. The molecule has 0 aliphatic carbocycles. The van der Waals surface area contributed by atoms with Crippen molar-refractivity contribution >= 4 is 57.1 Å². The number of ether oxygens (including phenoxy) is 2. The number of benzene rings is 1. The van der Waals surface area contributed by atoms with Crippen LogP contribution in [0.5, 0.6) is 0 Å². The zero-order valence-corrected chi connectivity index (χ0v) is 22.4. The summed E-state index contributed by atoms with van der Waals surface area (Å²) in [5.74, 6) is -1.40. The first-order chi connectivity index (χ1) is 18.0. The van der Waals surface area contributed by atoms with Crippen LogP contribution in [-0.2, 0) is 48.3 Å². The minimum atomic E-state index is -1.42. The Bertz CT molecular complexity index is 1410. The van der Waals surface area contributed by atoms with Gasteiger partial charge in [-0.15, -0.1) is 11.8 Å². The Morgan fingerprint density at radius 2 is 2.00 bits per heavy atom. The molecule has 198 valence electrons. The molecule has 5 rings (SSSR count). The predicted molar refractivity (Wildman–Crippen MR) is 134 cm³/mol. The van der Waals surface area contributed by atoms with Crippen molar-refractivity contribution in [2.45, 2.75) is 42.4 Å². The Balaban J connectivity index is 1.32. The van der Waals surface area contributed by atoms with Crippen LogP contribution in [0.25, 0.3) is 0 Å². The van der Waals surface area contributed by atoms with Crippen LogP contribution in [0.1, 0.15) is 30.1 Å². The quantitative estimate of drug-likeness (QED) is 0.150. The van der Waals surface area contributed by atoms with Gasteiger partial charge in [-0.3, -0.25) is 29.4 Å². The number of alkyl halides is 1. The average molecular weight is 606 g/mol. The van der Waals surface area contributed by atoms with E-state index in [1.165, 1.54) is 58.2 Å². The van der Waals surface area contributed by atoms with Gasteiger partial charge in [-0.05, 0) is 17.7 Å². The molecule has 38 heavy (non-hydrogen) atoms. The zero-order valence-electron chi connectivity index (χ0n) is 20.0. The van der Waals surface area contributed by atoms with Crippen molar-refractivity contribution < 1.29 is 33.6 Å². The number of non-ortho nitro benzene ring substituents is 1. The molecule has 1 aromatic carbocycles. The molecule has 13 nitrogen and oxygen atoms in total. The number of imidazole rings is 1. The molecule has 1 aromatic heterocycles. The lowest BCUT2D eigenvalue weighted by Gasteiger charge is -2.51. The number of esters is 2. The number of carbonyl (C=O) groups excluding carboxylic acids is 4. The SMILES string of the molecule is CC(=O)OC(c1cn2c(n1)CN(C)C(=O)C2)C1(Br)C(=O)N2C(C(=O)OCc3ccc([N+](=O)[O-])cc3)=CSC21. The van der Waals surface area contributed by atoms with E-state index in [9.17, 15) is 29.3 Å². The topological polar surface area (TPSA) is 154 Å². The third-order valence-electron chi connectivity index (χ3n) is 6.36. The summed E-state index contributed by atoms with van der Waals surface area (Å²) in [6.45, 7) is 1.42. The van der Waals surface area contributed by atoms with Gasteiger partial charge in [0.2, 0.25) is 5.91 Å². The van der Waals surface area contributed by atoms with Crippen LogP contribution in [-0.4, -0.2) is 64.8 Å². The summed E-state index contributed by atoms with van der Waals surface area (Å²) >= 11 is 4.69. The second kappa shape index (κ2) is 9.54. The minimum Gasteiger partial charge on any atom is -0.456 e. The van der Waals surface area contributed by atoms with Crippen molar-refractivity contribution in [3.63, 3.8) is 0 Å². The van der Waals surface area contributed by atoms with Gasteiger partial charge in [-0.25, -0.2) is 9.78 Å². The maximum absolute atomic E-state index is 13.5. The Morgan fingerprint density at radius 1 is 1.29 bits per heavy atom. The molecule has 0 bridgehead atoms. The number of hydrogen-bond acceptors (Lipinski definition) is 10. The molecule has 0 saturated carbocycles. The van der Waals surface area contributed by atoms with Gasteiger partial charge in [0.15, 0.2) is 10.4 Å². The average Bonchev–Trinajstić information content (AvgIpc) is 3.48. The van der Waals surface area contributed by atoms with Gasteiger partial charge in [0, 0.05) is 37.7 Å². The Labute approximate surface area is 228 Å². The maximum atomic E-state index is 13.5. The van der Waals surface area contributed by atoms with E-state index in [1.807, 2.05) is 0 Å². The highest BCUT2D eigenvalue weighted by Crippen LogP contribution is 2.58. The molecule has 15 heteroatoms. The fourth-order valence-corrected chi connectivity index (χ4v) is 6.65. The number of thioether (sulfide) groups is 1. The van der Waals surface area contributed by atoms with E-state index < -0.39 is 38.6 Å². The van der Waals surface area contributed by atoms with Gasteiger partial charge in [0.25, 0.3) is 11.6 Å². The first-order valence-electron chi connectivity index (χ1n) is 11.3. The highest BCUT2D eigenvalue weighted by atomic mass is 79.9. The van der Waals surface area contributed by atoms with Crippen LogP contribution in [0.3, 0.4) is 0 Å². The summed E-state index contributed by atoms with van der Waals surface area (Å²) in [6, 6.07) is 5.56. The lowest BCUT2D eigenvalue weighted by atomic mass is 9.89. The largest absolute Gasteiger partial charge is 0.456 e. The van der Waals surface area contributed by atoms with Gasteiger partial charge in [-0.1, -0.05) is 15.9 Å². The molecule has 2 aromatic rings. The normalized spacial score (nSPS) is 22.7. The highest BCUT2D eigenvalue weighted by molar-refractivity contribution is 9.10. The number of amides is 2. The number of β-lactam (4-membered cyclic amide) rings is 1. The number of fused-ring (bicyclic) bond motifs is 2. The van der Waals surface area contributed by atoms with Crippen molar-refractivity contribution in [3.8, 4) is 0 Å². The lowest BCUT2D eigenvalue weighted by Crippen LogP contribution is -2.70. The van der Waals surface area contributed by atoms with E-state index in [-0.39, 0.29) is 37.0 Å². The summed E-state index contributed by atoms with van der Waals surface area (Å²) in [6.07, 6.45) is 0.475. The Morgan fingerprint density at radius 3 is 2.66 bits per heavy atom. The van der Waals surface area contributed by atoms with Crippen LogP contribution in [0.4, 0.5) is 5.69 Å². The Hall–Kier alpha value is -3.72. The van der Waals surface area contributed by atoms with Gasteiger partial charge in [-0.2, -0.15) is 0 Å². The molecule has 0 N–H and O–H groups in total.